The van der Waals surface area contributed by atoms with Crippen molar-refractivity contribution in [3.8, 4) is 0 Å². The van der Waals surface area contributed by atoms with Crippen LogP contribution in [-0.2, 0) is 11.2 Å². The van der Waals surface area contributed by atoms with Crippen LogP contribution < -0.4 is 15.5 Å². The third-order valence-electron chi connectivity index (χ3n) is 5.98. The van der Waals surface area contributed by atoms with Gasteiger partial charge in [-0.1, -0.05) is 11.3 Å². The highest BCUT2D eigenvalue weighted by Gasteiger charge is 2.27. The number of fused-ring (bicyclic) bond motifs is 2. The molecule has 0 unspecified atom stereocenters. The fourth-order valence-corrected chi connectivity index (χ4v) is 5.15. The first kappa shape index (κ1) is 20.8. The van der Waals surface area contributed by atoms with E-state index in [4.69, 9.17) is 0 Å². The highest BCUT2D eigenvalue weighted by atomic mass is 32.1. The van der Waals surface area contributed by atoms with E-state index in [1.54, 1.807) is 0 Å². The van der Waals surface area contributed by atoms with Crippen molar-refractivity contribution >= 4 is 50.7 Å². The first-order chi connectivity index (χ1) is 15.5. The van der Waals surface area contributed by atoms with Crippen LogP contribution in [0.5, 0.6) is 0 Å². The number of carbonyl (C=O) groups is 2. The summed E-state index contributed by atoms with van der Waals surface area (Å²) in [5.41, 5.74) is 3.60. The predicted octanol–water partition coefficient (Wildman–Crippen LogP) is 2.56. The highest BCUT2D eigenvalue weighted by molar-refractivity contribution is 7.20. The lowest BCUT2D eigenvalue weighted by Gasteiger charge is -2.29. The first-order valence-electron chi connectivity index (χ1n) is 10.8. The zero-order valence-corrected chi connectivity index (χ0v) is 18.9. The Morgan fingerprint density at radius 2 is 1.97 bits per heavy atom. The molecule has 2 aliphatic heterocycles. The monoisotopic (exact) mass is 451 g/mol. The van der Waals surface area contributed by atoms with Crippen molar-refractivity contribution < 1.29 is 9.59 Å². The fourth-order valence-electron chi connectivity index (χ4n) is 4.34. The maximum atomic E-state index is 12.8. The fraction of sp³-hybridized carbons (Fsp3) is 0.409. The Balaban J connectivity index is 1.40. The van der Waals surface area contributed by atoms with Gasteiger partial charge in [-0.15, -0.1) is 0 Å². The van der Waals surface area contributed by atoms with E-state index < -0.39 is 0 Å². The molecule has 0 saturated carbocycles. The van der Waals surface area contributed by atoms with E-state index in [-0.39, 0.29) is 17.9 Å². The van der Waals surface area contributed by atoms with Gasteiger partial charge in [0, 0.05) is 30.9 Å². The minimum atomic E-state index is -0.143. The summed E-state index contributed by atoms with van der Waals surface area (Å²) in [5, 5.41) is 6.38. The van der Waals surface area contributed by atoms with Gasteiger partial charge in [-0.05, 0) is 63.2 Å². The lowest BCUT2D eigenvalue weighted by molar-refractivity contribution is -0.114. The number of nitrogens with zero attached hydrogens (tertiary/aromatic N) is 5. The Hall–Kier alpha value is -3.11. The second-order valence-corrected chi connectivity index (χ2v) is 9.32. The van der Waals surface area contributed by atoms with Crippen LogP contribution in [0.15, 0.2) is 24.5 Å². The number of carbonyl (C=O) groups excluding carboxylic acids is 2. The van der Waals surface area contributed by atoms with E-state index in [2.05, 4.69) is 42.4 Å². The molecule has 9 nitrogen and oxygen atoms in total. The predicted molar refractivity (Wildman–Crippen MR) is 125 cm³/mol. The quantitative estimate of drug-likeness (QED) is 0.628. The van der Waals surface area contributed by atoms with E-state index in [1.165, 1.54) is 24.6 Å². The molecule has 2 N–H and O–H groups in total. The summed E-state index contributed by atoms with van der Waals surface area (Å²) in [4.78, 5) is 42.8. The first-order valence-corrected chi connectivity index (χ1v) is 11.6. The number of benzene rings is 1. The van der Waals surface area contributed by atoms with Crippen molar-refractivity contribution in [3.05, 3.63) is 35.1 Å². The molecule has 2 amide bonds. The average Bonchev–Trinajstić information content (AvgIpc) is 3.39. The van der Waals surface area contributed by atoms with Crippen molar-refractivity contribution in [2.45, 2.75) is 32.2 Å². The lowest BCUT2D eigenvalue weighted by atomic mass is 10.1. The molecule has 10 heteroatoms. The van der Waals surface area contributed by atoms with E-state index in [0.717, 1.165) is 55.8 Å². The third-order valence-corrected chi connectivity index (χ3v) is 6.94. The van der Waals surface area contributed by atoms with Gasteiger partial charge >= 0.3 is 0 Å². The number of thiazole rings is 1. The van der Waals surface area contributed by atoms with E-state index in [9.17, 15) is 9.59 Å². The SMILES string of the molecule is CC(=O)Nc1ccc2c(c1)CCN2c1ncnc2sc(C(=O)NC3CCN(C)CC3)nc12. The molecule has 0 bridgehead atoms. The largest absolute Gasteiger partial charge is 0.347 e. The van der Waals surface area contributed by atoms with Crippen molar-refractivity contribution in [1.29, 1.82) is 0 Å². The summed E-state index contributed by atoms with van der Waals surface area (Å²) >= 11 is 1.30. The molecule has 2 aromatic heterocycles. The molecule has 0 aliphatic carbocycles. The van der Waals surface area contributed by atoms with Crippen LogP contribution in [0.4, 0.5) is 17.2 Å². The molecule has 0 atom stereocenters. The van der Waals surface area contributed by atoms with Crippen LogP contribution in [0.2, 0.25) is 0 Å². The van der Waals surface area contributed by atoms with Crippen molar-refractivity contribution in [3.63, 3.8) is 0 Å². The molecule has 5 rings (SSSR count). The van der Waals surface area contributed by atoms with Crippen LogP contribution in [0.3, 0.4) is 0 Å². The number of piperidine rings is 1. The number of anilines is 3. The molecule has 0 radical (unpaired) electrons. The molecule has 0 spiro atoms. The Labute approximate surface area is 189 Å². The van der Waals surface area contributed by atoms with Crippen LogP contribution in [-0.4, -0.2) is 64.4 Å². The summed E-state index contributed by atoms with van der Waals surface area (Å²) in [5.74, 6) is 0.469. The second kappa shape index (κ2) is 8.44. The minimum absolute atomic E-state index is 0.0918. The maximum Gasteiger partial charge on any atom is 0.280 e. The summed E-state index contributed by atoms with van der Waals surface area (Å²) < 4.78 is 0. The van der Waals surface area contributed by atoms with Gasteiger partial charge in [-0.2, -0.15) is 0 Å². The summed E-state index contributed by atoms with van der Waals surface area (Å²) in [6.07, 6.45) is 4.26. The topological polar surface area (TPSA) is 103 Å². The molecule has 32 heavy (non-hydrogen) atoms. The number of rotatable bonds is 4. The number of likely N-dealkylation sites (tertiary alicyclic amines) is 1. The minimum Gasteiger partial charge on any atom is -0.347 e. The smallest absolute Gasteiger partial charge is 0.280 e. The maximum absolute atomic E-state index is 12.8. The molecule has 166 valence electrons. The normalized spacial score (nSPS) is 16.9. The Morgan fingerprint density at radius 1 is 1.16 bits per heavy atom. The van der Waals surface area contributed by atoms with Gasteiger partial charge in [-0.3, -0.25) is 9.59 Å². The molecule has 1 fully saturated rings. The average molecular weight is 452 g/mol. The third kappa shape index (κ3) is 4.03. The number of amides is 2. The standard InChI is InChI=1S/C22H25N7O2S/c1-13(30)25-16-3-4-17-14(11-16)5-10-29(17)19-18-21(24-12-23-19)32-22(27-18)20(31)26-15-6-8-28(2)9-7-15/h3-4,11-12,15H,5-10H2,1-2H3,(H,25,30)(H,26,31). The number of aromatic nitrogens is 3. The lowest BCUT2D eigenvalue weighted by Crippen LogP contribution is -2.43. The van der Waals surface area contributed by atoms with E-state index in [1.807, 2.05) is 18.2 Å². The van der Waals surface area contributed by atoms with Crippen LogP contribution in [0.25, 0.3) is 10.3 Å². The van der Waals surface area contributed by atoms with Crippen molar-refractivity contribution in [1.82, 2.24) is 25.2 Å². The van der Waals surface area contributed by atoms with E-state index in [0.29, 0.717) is 21.2 Å². The van der Waals surface area contributed by atoms with Gasteiger partial charge in [0.2, 0.25) is 5.91 Å². The van der Waals surface area contributed by atoms with Gasteiger partial charge in [0.1, 0.15) is 16.7 Å². The Kier molecular flexibility index (Phi) is 5.48. The van der Waals surface area contributed by atoms with Gasteiger partial charge in [-0.25, -0.2) is 15.0 Å². The van der Waals surface area contributed by atoms with Crippen LogP contribution >= 0.6 is 11.3 Å². The number of nitrogens with one attached hydrogen (secondary N) is 2. The zero-order chi connectivity index (χ0) is 22.2. The van der Waals surface area contributed by atoms with Gasteiger partial charge in [0.25, 0.3) is 5.91 Å². The van der Waals surface area contributed by atoms with Gasteiger partial charge in [0.05, 0.1) is 0 Å². The number of hydrogen-bond acceptors (Lipinski definition) is 8. The molecular formula is C22H25N7O2S. The number of hydrogen-bond donors (Lipinski definition) is 2. The zero-order valence-electron chi connectivity index (χ0n) is 18.1. The summed E-state index contributed by atoms with van der Waals surface area (Å²) in [6.45, 7) is 4.22. The molecular weight excluding hydrogens is 426 g/mol. The molecule has 1 aromatic carbocycles. The second-order valence-electron chi connectivity index (χ2n) is 8.35. The van der Waals surface area contributed by atoms with Crippen molar-refractivity contribution in [2.75, 3.05) is 36.9 Å². The Morgan fingerprint density at radius 3 is 2.75 bits per heavy atom. The van der Waals surface area contributed by atoms with Gasteiger partial charge in [0.15, 0.2) is 10.8 Å². The van der Waals surface area contributed by atoms with Gasteiger partial charge < -0.3 is 20.4 Å². The summed E-state index contributed by atoms with van der Waals surface area (Å²) in [6, 6.07) is 6.05. The van der Waals surface area contributed by atoms with Crippen LogP contribution in [0.1, 0.15) is 35.1 Å². The van der Waals surface area contributed by atoms with E-state index >= 15 is 0 Å². The summed E-state index contributed by atoms with van der Waals surface area (Å²) in [7, 11) is 2.10. The molecule has 3 aromatic rings. The molecule has 2 aliphatic rings. The molecule has 4 heterocycles. The Bertz CT molecular complexity index is 1190. The van der Waals surface area contributed by atoms with Crippen LogP contribution in [0, 0.1) is 0 Å². The highest BCUT2D eigenvalue weighted by Crippen LogP contribution is 2.38. The molecule has 1 saturated heterocycles. The van der Waals surface area contributed by atoms with Crippen molar-refractivity contribution in [2.24, 2.45) is 0 Å².